The second kappa shape index (κ2) is 3.85. The molecule has 80 valence electrons. The molecule has 1 N–H and O–H groups in total. The van der Waals surface area contributed by atoms with Crippen molar-refractivity contribution in [1.29, 1.82) is 0 Å². The zero-order chi connectivity index (χ0) is 10.2. The summed E-state index contributed by atoms with van der Waals surface area (Å²) in [5.74, 6) is 0.826. The number of hydrogen-bond acceptors (Lipinski definition) is 3. The minimum absolute atomic E-state index is 0.207. The molecule has 3 unspecified atom stereocenters. The van der Waals surface area contributed by atoms with Crippen molar-refractivity contribution in [1.82, 2.24) is 0 Å². The van der Waals surface area contributed by atoms with Crippen LogP contribution in [0, 0.1) is 5.92 Å². The molecule has 1 saturated carbocycles. The highest BCUT2D eigenvalue weighted by Crippen LogP contribution is 2.49. The van der Waals surface area contributed by atoms with Crippen LogP contribution in [-0.4, -0.2) is 30.9 Å². The van der Waals surface area contributed by atoms with Crippen molar-refractivity contribution in [3.63, 3.8) is 0 Å². The smallest absolute Gasteiger partial charge is 0.306 e. The molecule has 2 fully saturated rings. The SMILES string of the molecule is O=C(O)C1CCC2(C1)SCCCS2=O. The molecule has 1 heterocycles. The number of carbonyl (C=O) groups is 1. The van der Waals surface area contributed by atoms with E-state index < -0.39 is 16.8 Å². The number of aliphatic carboxylic acids is 1. The third kappa shape index (κ3) is 1.72. The summed E-state index contributed by atoms with van der Waals surface area (Å²) in [5.41, 5.74) is 0. The van der Waals surface area contributed by atoms with Gasteiger partial charge in [-0.2, -0.15) is 0 Å². The average molecular weight is 234 g/mol. The maximum atomic E-state index is 11.9. The lowest BCUT2D eigenvalue weighted by atomic mass is 10.1. The minimum atomic E-state index is -0.812. The van der Waals surface area contributed by atoms with Crippen LogP contribution in [0.2, 0.25) is 0 Å². The highest BCUT2D eigenvalue weighted by molar-refractivity contribution is 8.13. The fraction of sp³-hybridized carbons (Fsp3) is 0.889. The van der Waals surface area contributed by atoms with E-state index in [4.69, 9.17) is 5.11 Å². The summed E-state index contributed by atoms with van der Waals surface area (Å²) in [6, 6.07) is 0. The lowest BCUT2D eigenvalue weighted by Crippen LogP contribution is -2.34. The van der Waals surface area contributed by atoms with Gasteiger partial charge in [0.05, 0.1) is 10.00 Å². The van der Waals surface area contributed by atoms with Crippen LogP contribution in [0.15, 0.2) is 0 Å². The number of hydrogen-bond donors (Lipinski definition) is 1. The molecule has 1 aliphatic carbocycles. The van der Waals surface area contributed by atoms with Crippen molar-refractivity contribution in [2.24, 2.45) is 5.92 Å². The zero-order valence-electron chi connectivity index (χ0n) is 7.90. The maximum absolute atomic E-state index is 11.9. The highest BCUT2D eigenvalue weighted by atomic mass is 32.2. The van der Waals surface area contributed by atoms with E-state index in [1.807, 2.05) is 0 Å². The monoisotopic (exact) mass is 234 g/mol. The molecule has 5 heteroatoms. The van der Waals surface area contributed by atoms with E-state index in [1.54, 1.807) is 11.8 Å². The van der Waals surface area contributed by atoms with Crippen molar-refractivity contribution < 1.29 is 14.1 Å². The molecule has 3 atom stereocenters. The third-order valence-electron chi connectivity index (χ3n) is 3.03. The summed E-state index contributed by atoms with van der Waals surface area (Å²) >= 11 is 1.74. The first-order chi connectivity index (χ1) is 6.64. The Hall–Kier alpha value is -0.0300. The molecule has 0 aromatic rings. The van der Waals surface area contributed by atoms with Crippen molar-refractivity contribution in [2.45, 2.75) is 29.8 Å². The lowest BCUT2D eigenvalue weighted by molar-refractivity contribution is -0.141. The van der Waals surface area contributed by atoms with Crippen molar-refractivity contribution >= 4 is 28.5 Å². The molecule has 0 aromatic carbocycles. The van der Waals surface area contributed by atoms with Crippen LogP contribution in [-0.2, 0) is 15.6 Å². The van der Waals surface area contributed by atoms with Crippen LogP contribution in [0.1, 0.15) is 25.7 Å². The van der Waals surface area contributed by atoms with E-state index in [0.717, 1.165) is 24.3 Å². The van der Waals surface area contributed by atoms with Gasteiger partial charge >= 0.3 is 5.97 Å². The molecule has 0 amide bonds. The van der Waals surface area contributed by atoms with Gasteiger partial charge in [0.15, 0.2) is 0 Å². The van der Waals surface area contributed by atoms with Gasteiger partial charge in [0.2, 0.25) is 0 Å². The first-order valence-corrected chi connectivity index (χ1v) is 7.20. The summed E-state index contributed by atoms with van der Waals surface area (Å²) in [6.45, 7) is 0. The first kappa shape index (κ1) is 10.5. The van der Waals surface area contributed by atoms with Gasteiger partial charge in [-0.25, -0.2) is 0 Å². The zero-order valence-corrected chi connectivity index (χ0v) is 9.53. The quantitative estimate of drug-likeness (QED) is 0.746. The molecule has 1 spiro atoms. The van der Waals surface area contributed by atoms with E-state index in [-0.39, 0.29) is 10.00 Å². The van der Waals surface area contributed by atoms with Crippen LogP contribution in [0.4, 0.5) is 0 Å². The molecule has 1 saturated heterocycles. The van der Waals surface area contributed by atoms with E-state index in [2.05, 4.69) is 0 Å². The van der Waals surface area contributed by atoms with Crippen LogP contribution >= 0.6 is 11.8 Å². The predicted molar refractivity (Wildman–Crippen MR) is 57.8 cm³/mol. The van der Waals surface area contributed by atoms with Gasteiger partial charge in [-0.1, -0.05) is 0 Å². The van der Waals surface area contributed by atoms with E-state index in [0.29, 0.717) is 12.8 Å². The molecular formula is C9H14O3S2. The van der Waals surface area contributed by atoms with Gasteiger partial charge in [0.25, 0.3) is 0 Å². The van der Waals surface area contributed by atoms with Gasteiger partial charge in [0, 0.05) is 16.6 Å². The Kier molecular flexibility index (Phi) is 2.88. The van der Waals surface area contributed by atoms with Gasteiger partial charge < -0.3 is 5.11 Å². The Balaban J connectivity index is 2.10. The molecule has 0 aromatic heterocycles. The molecule has 3 nitrogen and oxygen atoms in total. The Bertz CT molecular complexity index is 279. The second-order valence-electron chi connectivity index (χ2n) is 3.94. The van der Waals surface area contributed by atoms with Crippen molar-refractivity contribution in [3.05, 3.63) is 0 Å². The normalized spacial score (nSPS) is 42.9. The third-order valence-corrected chi connectivity index (χ3v) is 7.20. The molecule has 2 rings (SSSR count). The first-order valence-electron chi connectivity index (χ1n) is 4.89. The summed E-state index contributed by atoms with van der Waals surface area (Å²) in [7, 11) is -0.812. The summed E-state index contributed by atoms with van der Waals surface area (Å²) in [5, 5.41) is 8.91. The lowest BCUT2D eigenvalue weighted by Gasteiger charge is -2.31. The Labute approximate surface area is 90.1 Å². The fourth-order valence-electron chi connectivity index (χ4n) is 2.22. The number of carboxylic acids is 1. The van der Waals surface area contributed by atoms with Gasteiger partial charge in [-0.3, -0.25) is 9.00 Å². The van der Waals surface area contributed by atoms with Crippen molar-refractivity contribution in [3.8, 4) is 0 Å². The molecule has 2 aliphatic rings. The Morgan fingerprint density at radius 1 is 1.57 bits per heavy atom. The molecular weight excluding hydrogens is 220 g/mol. The minimum Gasteiger partial charge on any atom is -0.481 e. The van der Waals surface area contributed by atoms with Crippen molar-refractivity contribution in [2.75, 3.05) is 11.5 Å². The molecule has 14 heavy (non-hydrogen) atoms. The van der Waals surface area contributed by atoms with E-state index in [9.17, 15) is 9.00 Å². The topological polar surface area (TPSA) is 54.4 Å². The van der Waals surface area contributed by atoms with Gasteiger partial charge in [-0.15, -0.1) is 11.8 Å². The maximum Gasteiger partial charge on any atom is 0.306 e. The number of thioether (sulfide) groups is 1. The molecule has 0 bridgehead atoms. The molecule has 0 radical (unpaired) electrons. The van der Waals surface area contributed by atoms with Crippen LogP contribution in [0.3, 0.4) is 0 Å². The fourth-order valence-corrected chi connectivity index (χ4v) is 6.18. The Morgan fingerprint density at radius 3 is 2.93 bits per heavy atom. The summed E-state index contributed by atoms with van der Waals surface area (Å²) in [4.78, 5) is 10.8. The van der Waals surface area contributed by atoms with E-state index in [1.165, 1.54) is 0 Å². The summed E-state index contributed by atoms with van der Waals surface area (Å²) in [6.07, 6.45) is 3.14. The second-order valence-corrected chi connectivity index (χ2v) is 7.56. The standard InChI is InChI=1S/C9H14O3S2/c10-8(11)7-2-3-9(6-7)13-4-1-5-14(9)12/h7H,1-6H2,(H,10,11). The van der Waals surface area contributed by atoms with Gasteiger partial charge in [0.1, 0.15) is 0 Å². The summed E-state index contributed by atoms with van der Waals surface area (Å²) < 4.78 is 11.7. The van der Waals surface area contributed by atoms with E-state index >= 15 is 0 Å². The predicted octanol–water partition coefficient (Wildman–Crippen LogP) is 1.45. The highest BCUT2D eigenvalue weighted by Gasteiger charge is 2.47. The Morgan fingerprint density at radius 2 is 2.36 bits per heavy atom. The number of carboxylic acid groups (broad SMARTS) is 1. The van der Waals surface area contributed by atoms with Crippen LogP contribution in [0.5, 0.6) is 0 Å². The van der Waals surface area contributed by atoms with Crippen LogP contribution in [0.25, 0.3) is 0 Å². The molecule has 1 aliphatic heterocycles. The average Bonchev–Trinajstić information content (AvgIpc) is 2.56. The van der Waals surface area contributed by atoms with Gasteiger partial charge in [-0.05, 0) is 31.4 Å². The number of rotatable bonds is 1. The largest absolute Gasteiger partial charge is 0.481 e. The van der Waals surface area contributed by atoms with Crippen LogP contribution < -0.4 is 0 Å².